The lowest BCUT2D eigenvalue weighted by Gasteiger charge is -2.06. The van der Waals surface area contributed by atoms with Crippen LogP contribution in [0.5, 0.6) is 0 Å². The van der Waals surface area contributed by atoms with Crippen LogP contribution >= 0.6 is 0 Å². The Balaban J connectivity index is 2.29. The number of aryl methyl sites for hydroxylation is 1. The number of nitrogens with zero attached hydrogens (tertiary/aromatic N) is 1. The molecule has 2 unspecified atom stereocenters. The third-order valence-corrected chi connectivity index (χ3v) is 5.41. The van der Waals surface area contributed by atoms with Gasteiger partial charge in [0.1, 0.15) is 0 Å². The lowest BCUT2D eigenvalue weighted by Crippen LogP contribution is -2.15. The highest BCUT2D eigenvalue weighted by molar-refractivity contribution is 7.89. The van der Waals surface area contributed by atoms with E-state index < -0.39 is 10.0 Å². The highest BCUT2D eigenvalue weighted by Crippen LogP contribution is 2.39. The third-order valence-electron chi connectivity index (χ3n) is 3.44. The molecule has 0 aromatic heterocycles. The lowest BCUT2D eigenvalue weighted by atomic mass is 10.2. The lowest BCUT2D eigenvalue weighted by molar-refractivity contribution is 0.541. The summed E-state index contributed by atoms with van der Waals surface area (Å²) < 4.78 is 26.4. The van der Waals surface area contributed by atoms with E-state index in [4.69, 9.17) is 0 Å². The van der Waals surface area contributed by atoms with Gasteiger partial charge in [0.2, 0.25) is 10.0 Å². The largest absolute Gasteiger partial charge is 0.243 e. The molecule has 0 N–H and O–H groups in total. The maximum atomic E-state index is 12.4. The zero-order valence-corrected chi connectivity index (χ0v) is 11.4. The van der Waals surface area contributed by atoms with E-state index in [1.807, 2.05) is 32.9 Å². The standard InChI is InChI=1S/C13H19NO2S/c1-4-12-13(5-2)14(12)17(15,16)11-8-6-10(3)7-9-11/h6-9,12-13H,4-5H2,1-3H3. The van der Waals surface area contributed by atoms with Gasteiger partial charge in [-0.15, -0.1) is 0 Å². The maximum absolute atomic E-state index is 12.4. The first-order valence-electron chi connectivity index (χ1n) is 6.12. The van der Waals surface area contributed by atoms with Gasteiger partial charge < -0.3 is 0 Å². The third kappa shape index (κ3) is 2.11. The monoisotopic (exact) mass is 253 g/mol. The van der Waals surface area contributed by atoms with Crippen molar-refractivity contribution in [3.05, 3.63) is 29.8 Å². The molecule has 4 heteroatoms. The Morgan fingerprint density at radius 3 is 1.94 bits per heavy atom. The van der Waals surface area contributed by atoms with Gasteiger partial charge in [-0.2, -0.15) is 4.31 Å². The van der Waals surface area contributed by atoms with Gasteiger partial charge in [0.25, 0.3) is 0 Å². The van der Waals surface area contributed by atoms with Gasteiger partial charge in [-0.25, -0.2) is 8.42 Å². The minimum absolute atomic E-state index is 0.200. The molecule has 1 aliphatic rings. The molecule has 0 spiro atoms. The predicted molar refractivity (Wildman–Crippen MR) is 68.4 cm³/mol. The van der Waals surface area contributed by atoms with Crippen molar-refractivity contribution < 1.29 is 8.42 Å². The number of rotatable bonds is 4. The first kappa shape index (κ1) is 12.6. The number of sulfonamides is 1. The fourth-order valence-corrected chi connectivity index (χ4v) is 4.36. The Bertz CT molecular complexity index is 483. The van der Waals surface area contributed by atoms with Crippen LogP contribution in [0.15, 0.2) is 29.2 Å². The van der Waals surface area contributed by atoms with Crippen molar-refractivity contribution in [1.82, 2.24) is 4.31 Å². The number of hydrogen-bond donors (Lipinski definition) is 0. The van der Waals surface area contributed by atoms with Crippen molar-refractivity contribution in [3.8, 4) is 0 Å². The van der Waals surface area contributed by atoms with Crippen LogP contribution < -0.4 is 0 Å². The summed E-state index contributed by atoms with van der Waals surface area (Å²) in [6.07, 6.45) is 1.78. The summed E-state index contributed by atoms with van der Waals surface area (Å²) in [7, 11) is -3.27. The van der Waals surface area contributed by atoms with Crippen molar-refractivity contribution in [2.75, 3.05) is 0 Å². The molecule has 2 atom stereocenters. The van der Waals surface area contributed by atoms with Crippen LogP contribution in [0.2, 0.25) is 0 Å². The molecule has 0 bridgehead atoms. The Labute approximate surface area is 104 Å². The number of benzene rings is 1. The van der Waals surface area contributed by atoms with E-state index in [1.165, 1.54) is 0 Å². The normalized spacial score (nSPS) is 28.1. The fourth-order valence-electron chi connectivity index (χ4n) is 2.40. The average molecular weight is 253 g/mol. The second-order valence-electron chi connectivity index (χ2n) is 4.60. The Morgan fingerprint density at radius 2 is 1.53 bits per heavy atom. The summed E-state index contributed by atoms with van der Waals surface area (Å²) in [5, 5.41) is 0. The van der Waals surface area contributed by atoms with Crippen LogP contribution in [0, 0.1) is 6.92 Å². The summed E-state index contributed by atoms with van der Waals surface area (Å²) in [6, 6.07) is 7.49. The van der Waals surface area contributed by atoms with E-state index in [1.54, 1.807) is 16.4 Å². The summed E-state index contributed by atoms with van der Waals surface area (Å²) in [4.78, 5) is 0.414. The maximum Gasteiger partial charge on any atom is 0.243 e. The molecule has 0 saturated carbocycles. The van der Waals surface area contributed by atoms with Gasteiger partial charge in [-0.1, -0.05) is 31.5 Å². The van der Waals surface area contributed by atoms with Crippen LogP contribution in [0.4, 0.5) is 0 Å². The summed E-state index contributed by atoms with van der Waals surface area (Å²) in [6.45, 7) is 6.04. The van der Waals surface area contributed by atoms with Gasteiger partial charge in [0, 0.05) is 12.1 Å². The van der Waals surface area contributed by atoms with E-state index in [9.17, 15) is 8.42 Å². The average Bonchev–Trinajstić information content (AvgIpc) is 3.03. The van der Waals surface area contributed by atoms with Gasteiger partial charge in [-0.05, 0) is 31.9 Å². The zero-order chi connectivity index (χ0) is 12.6. The molecule has 1 fully saturated rings. The molecular weight excluding hydrogens is 234 g/mol. The predicted octanol–water partition coefficient (Wildman–Crippen LogP) is 2.56. The molecule has 3 nitrogen and oxygen atoms in total. The van der Waals surface area contributed by atoms with E-state index in [0.29, 0.717) is 4.90 Å². The summed E-state index contributed by atoms with van der Waals surface area (Å²) >= 11 is 0. The SMILES string of the molecule is CCC1C(CC)N1S(=O)(=O)c1ccc(C)cc1. The van der Waals surface area contributed by atoms with Crippen LogP contribution in [-0.4, -0.2) is 24.8 Å². The van der Waals surface area contributed by atoms with Crippen molar-refractivity contribution >= 4 is 10.0 Å². The van der Waals surface area contributed by atoms with Crippen molar-refractivity contribution in [2.45, 2.75) is 50.6 Å². The fraction of sp³-hybridized carbons (Fsp3) is 0.538. The van der Waals surface area contributed by atoms with Gasteiger partial charge >= 0.3 is 0 Å². The summed E-state index contributed by atoms with van der Waals surface area (Å²) in [5.74, 6) is 0. The molecule has 1 saturated heterocycles. The Morgan fingerprint density at radius 1 is 1.06 bits per heavy atom. The molecule has 1 aromatic rings. The van der Waals surface area contributed by atoms with Crippen LogP contribution in [-0.2, 0) is 10.0 Å². The quantitative estimate of drug-likeness (QED) is 0.773. The molecule has 0 amide bonds. The molecular formula is C13H19NO2S. The zero-order valence-electron chi connectivity index (χ0n) is 10.6. The van der Waals surface area contributed by atoms with Crippen LogP contribution in [0.3, 0.4) is 0 Å². The highest BCUT2D eigenvalue weighted by atomic mass is 32.2. The van der Waals surface area contributed by atoms with E-state index in [2.05, 4.69) is 0 Å². The van der Waals surface area contributed by atoms with Crippen LogP contribution in [0.1, 0.15) is 32.3 Å². The highest BCUT2D eigenvalue weighted by Gasteiger charge is 2.52. The van der Waals surface area contributed by atoms with E-state index in [-0.39, 0.29) is 12.1 Å². The summed E-state index contributed by atoms with van der Waals surface area (Å²) in [5.41, 5.74) is 1.08. The molecule has 0 radical (unpaired) electrons. The Kier molecular flexibility index (Phi) is 3.27. The van der Waals surface area contributed by atoms with Crippen molar-refractivity contribution in [1.29, 1.82) is 0 Å². The first-order chi connectivity index (χ1) is 8.02. The molecule has 1 aromatic carbocycles. The first-order valence-corrected chi connectivity index (χ1v) is 7.56. The van der Waals surface area contributed by atoms with Gasteiger partial charge in [0.15, 0.2) is 0 Å². The van der Waals surface area contributed by atoms with Crippen LogP contribution in [0.25, 0.3) is 0 Å². The van der Waals surface area contributed by atoms with Crippen molar-refractivity contribution in [2.24, 2.45) is 0 Å². The molecule has 94 valence electrons. The smallest absolute Gasteiger partial charge is 0.207 e. The topological polar surface area (TPSA) is 37.1 Å². The molecule has 1 heterocycles. The van der Waals surface area contributed by atoms with Gasteiger partial charge in [-0.3, -0.25) is 0 Å². The second kappa shape index (κ2) is 4.42. The second-order valence-corrected chi connectivity index (χ2v) is 6.44. The van der Waals surface area contributed by atoms with Gasteiger partial charge in [0.05, 0.1) is 4.90 Å². The molecule has 1 aliphatic heterocycles. The minimum Gasteiger partial charge on any atom is -0.207 e. The van der Waals surface area contributed by atoms with E-state index in [0.717, 1.165) is 18.4 Å². The Hall–Kier alpha value is -0.870. The minimum atomic E-state index is -3.27. The molecule has 17 heavy (non-hydrogen) atoms. The van der Waals surface area contributed by atoms with Crippen molar-refractivity contribution in [3.63, 3.8) is 0 Å². The number of hydrogen-bond acceptors (Lipinski definition) is 2. The van der Waals surface area contributed by atoms with E-state index >= 15 is 0 Å². The molecule has 0 aliphatic carbocycles. The molecule has 2 rings (SSSR count).